The van der Waals surface area contributed by atoms with Crippen molar-refractivity contribution in [2.24, 2.45) is 0 Å². The Balaban J connectivity index is 1.74. The molecule has 0 saturated carbocycles. The number of rotatable bonds is 4. The summed E-state index contributed by atoms with van der Waals surface area (Å²) in [7, 11) is 0. The SMILES string of the molecule is Cc1ccc(C)c(COC(=O)c2cccc(N3C(=O)CCC3=O)c2)c1. The van der Waals surface area contributed by atoms with Crippen LogP contribution in [0.1, 0.15) is 39.9 Å². The molecule has 0 bridgehead atoms. The number of carbonyl (C=O) groups is 3. The first-order valence-corrected chi connectivity index (χ1v) is 8.15. The van der Waals surface area contributed by atoms with E-state index >= 15 is 0 Å². The van der Waals surface area contributed by atoms with Gasteiger partial charge in [-0.2, -0.15) is 0 Å². The van der Waals surface area contributed by atoms with Gasteiger partial charge in [-0.25, -0.2) is 4.79 Å². The summed E-state index contributed by atoms with van der Waals surface area (Å²) in [5, 5.41) is 0. The molecule has 5 nitrogen and oxygen atoms in total. The van der Waals surface area contributed by atoms with Gasteiger partial charge in [-0.15, -0.1) is 0 Å². The largest absolute Gasteiger partial charge is 0.457 e. The van der Waals surface area contributed by atoms with Gasteiger partial charge in [-0.3, -0.25) is 14.5 Å². The van der Waals surface area contributed by atoms with Crippen LogP contribution in [0.4, 0.5) is 5.69 Å². The van der Waals surface area contributed by atoms with E-state index in [2.05, 4.69) is 0 Å². The van der Waals surface area contributed by atoms with Gasteiger partial charge in [0.05, 0.1) is 11.3 Å². The Kier molecular flexibility index (Phi) is 4.65. The number of nitrogens with zero attached hydrogens (tertiary/aromatic N) is 1. The molecule has 25 heavy (non-hydrogen) atoms. The summed E-state index contributed by atoms with van der Waals surface area (Å²) < 4.78 is 5.39. The van der Waals surface area contributed by atoms with Gasteiger partial charge in [0.15, 0.2) is 0 Å². The van der Waals surface area contributed by atoms with E-state index in [1.807, 2.05) is 32.0 Å². The molecule has 0 spiro atoms. The smallest absolute Gasteiger partial charge is 0.338 e. The van der Waals surface area contributed by atoms with Crippen molar-refractivity contribution in [2.75, 3.05) is 4.90 Å². The highest BCUT2D eigenvalue weighted by Gasteiger charge is 2.30. The number of imide groups is 1. The van der Waals surface area contributed by atoms with E-state index < -0.39 is 5.97 Å². The number of benzene rings is 2. The number of amides is 2. The van der Waals surface area contributed by atoms with E-state index in [0.717, 1.165) is 21.6 Å². The first kappa shape index (κ1) is 16.9. The molecule has 1 saturated heterocycles. The third kappa shape index (κ3) is 3.60. The third-order valence-electron chi connectivity index (χ3n) is 4.25. The minimum atomic E-state index is -0.484. The van der Waals surface area contributed by atoms with Crippen LogP contribution in [0.5, 0.6) is 0 Å². The molecule has 1 heterocycles. The number of esters is 1. The monoisotopic (exact) mass is 337 g/mol. The highest BCUT2D eigenvalue weighted by Crippen LogP contribution is 2.24. The summed E-state index contributed by atoms with van der Waals surface area (Å²) >= 11 is 0. The van der Waals surface area contributed by atoms with Crippen LogP contribution in [0.15, 0.2) is 42.5 Å². The zero-order valence-electron chi connectivity index (χ0n) is 14.2. The number of anilines is 1. The Morgan fingerprint density at radius 3 is 2.48 bits per heavy atom. The Morgan fingerprint density at radius 2 is 1.76 bits per heavy atom. The first-order valence-electron chi connectivity index (χ1n) is 8.15. The number of hydrogen-bond donors (Lipinski definition) is 0. The maximum Gasteiger partial charge on any atom is 0.338 e. The lowest BCUT2D eigenvalue weighted by Crippen LogP contribution is -2.28. The van der Waals surface area contributed by atoms with E-state index in [9.17, 15) is 14.4 Å². The van der Waals surface area contributed by atoms with E-state index in [1.54, 1.807) is 18.2 Å². The molecule has 1 fully saturated rings. The quantitative estimate of drug-likeness (QED) is 0.634. The van der Waals surface area contributed by atoms with E-state index in [-0.39, 0.29) is 31.3 Å². The lowest BCUT2D eigenvalue weighted by atomic mass is 10.1. The minimum absolute atomic E-state index is 0.179. The highest BCUT2D eigenvalue weighted by atomic mass is 16.5. The van der Waals surface area contributed by atoms with Crippen molar-refractivity contribution in [3.8, 4) is 0 Å². The summed E-state index contributed by atoms with van der Waals surface area (Å²) in [6, 6.07) is 12.4. The van der Waals surface area contributed by atoms with Gasteiger partial charge >= 0.3 is 5.97 Å². The number of carbonyl (C=O) groups excluding carboxylic acids is 3. The molecule has 5 heteroatoms. The fraction of sp³-hybridized carbons (Fsp3) is 0.250. The Bertz CT molecular complexity index is 841. The number of ether oxygens (including phenoxy) is 1. The predicted octanol–water partition coefficient (Wildman–Crippen LogP) is 3.31. The van der Waals surface area contributed by atoms with Gasteiger partial charge in [0.1, 0.15) is 6.61 Å². The van der Waals surface area contributed by atoms with Crippen LogP contribution in [-0.2, 0) is 20.9 Å². The van der Waals surface area contributed by atoms with Crippen molar-refractivity contribution in [3.63, 3.8) is 0 Å². The Morgan fingerprint density at radius 1 is 1.04 bits per heavy atom. The van der Waals surface area contributed by atoms with Crippen LogP contribution in [0.25, 0.3) is 0 Å². The molecule has 2 aromatic carbocycles. The van der Waals surface area contributed by atoms with Crippen LogP contribution >= 0.6 is 0 Å². The van der Waals surface area contributed by atoms with Gasteiger partial charge in [0.2, 0.25) is 11.8 Å². The second kappa shape index (κ2) is 6.89. The molecule has 2 amide bonds. The van der Waals surface area contributed by atoms with Crippen molar-refractivity contribution in [2.45, 2.75) is 33.3 Å². The molecule has 3 rings (SSSR count). The molecule has 0 radical (unpaired) electrons. The highest BCUT2D eigenvalue weighted by molar-refractivity contribution is 6.20. The summed E-state index contributed by atoms with van der Waals surface area (Å²) in [6.07, 6.45) is 0.417. The average molecular weight is 337 g/mol. The van der Waals surface area contributed by atoms with Crippen molar-refractivity contribution in [1.82, 2.24) is 0 Å². The fourth-order valence-corrected chi connectivity index (χ4v) is 2.82. The molecular weight excluding hydrogens is 318 g/mol. The molecule has 128 valence electrons. The Labute approximate surface area is 146 Å². The summed E-state index contributed by atoms with van der Waals surface area (Å²) in [5.41, 5.74) is 3.84. The van der Waals surface area contributed by atoms with E-state index in [1.165, 1.54) is 6.07 Å². The number of aryl methyl sites for hydroxylation is 2. The van der Waals surface area contributed by atoms with Crippen LogP contribution < -0.4 is 4.90 Å². The predicted molar refractivity (Wildman–Crippen MR) is 93.2 cm³/mol. The molecule has 2 aromatic rings. The summed E-state index contributed by atoms with van der Waals surface area (Å²) in [6.45, 7) is 4.13. The van der Waals surface area contributed by atoms with E-state index in [0.29, 0.717) is 11.3 Å². The van der Waals surface area contributed by atoms with Gasteiger partial charge in [0, 0.05) is 12.8 Å². The molecule has 0 N–H and O–H groups in total. The van der Waals surface area contributed by atoms with Gasteiger partial charge < -0.3 is 4.74 Å². The van der Waals surface area contributed by atoms with Crippen LogP contribution in [0, 0.1) is 13.8 Å². The summed E-state index contributed by atoms with van der Waals surface area (Å²) in [5.74, 6) is -0.973. The molecule has 0 aromatic heterocycles. The van der Waals surface area contributed by atoms with Crippen LogP contribution in [0.2, 0.25) is 0 Å². The van der Waals surface area contributed by atoms with Gasteiger partial charge in [0.25, 0.3) is 0 Å². The average Bonchev–Trinajstić information content (AvgIpc) is 2.94. The van der Waals surface area contributed by atoms with Crippen molar-refractivity contribution in [3.05, 3.63) is 64.7 Å². The molecule has 0 aliphatic carbocycles. The normalized spacial score (nSPS) is 14.1. The van der Waals surface area contributed by atoms with Gasteiger partial charge in [-0.1, -0.05) is 29.8 Å². The fourth-order valence-electron chi connectivity index (χ4n) is 2.82. The second-order valence-electron chi connectivity index (χ2n) is 6.18. The zero-order valence-corrected chi connectivity index (χ0v) is 14.2. The zero-order chi connectivity index (χ0) is 18.0. The second-order valence-corrected chi connectivity index (χ2v) is 6.18. The number of hydrogen-bond acceptors (Lipinski definition) is 4. The molecule has 1 aliphatic heterocycles. The van der Waals surface area contributed by atoms with Crippen molar-refractivity contribution in [1.29, 1.82) is 0 Å². The van der Waals surface area contributed by atoms with Gasteiger partial charge in [-0.05, 0) is 43.2 Å². The summed E-state index contributed by atoms with van der Waals surface area (Å²) in [4.78, 5) is 37.1. The van der Waals surface area contributed by atoms with Crippen molar-refractivity contribution < 1.29 is 19.1 Å². The lowest BCUT2D eigenvalue weighted by molar-refractivity contribution is -0.121. The molecule has 0 atom stereocenters. The maximum absolute atomic E-state index is 12.3. The lowest BCUT2D eigenvalue weighted by Gasteiger charge is -2.15. The topological polar surface area (TPSA) is 63.7 Å². The standard InChI is InChI=1S/C20H19NO4/c1-13-6-7-14(2)16(10-13)12-25-20(24)15-4-3-5-17(11-15)21-18(22)8-9-19(21)23/h3-7,10-11H,8-9,12H2,1-2H3. The molecule has 1 aliphatic rings. The maximum atomic E-state index is 12.3. The van der Waals surface area contributed by atoms with E-state index in [4.69, 9.17) is 4.74 Å². The first-order chi connectivity index (χ1) is 12.0. The van der Waals surface area contributed by atoms with Crippen molar-refractivity contribution >= 4 is 23.5 Å². The van der Waals surface area contributed by atoms with Crippen LogP contribution in [0.3, 0.4) is 0 Å². The molecular formula is C20H19NO4. The minimum Gasteiger partial charge on any atom is -0.457 e. The van der Waals surface area contributed by atoms with Crippen LogP contribution in [-0.4, -0.2) is 17.8 Å². The Hall–Kier alpha value is -2.95. The molecule has 0 unspecified atom stereocenters. The third-order valence-corrected chi connectivity index (χ3v) is 4.25.